The van der Waals surface area contributed by atoms with E-state index in [1.54, 1.807) is 28.6 Å². The summed E-state index contributed by atoms with van der Waals surface area (Å²) in [6, 6.07) is 8.24. The molecule has 2 heterocycles. The summed E-state index contributed by atoms with van der Waals surface area (Å²) in [5, 5.41) is 12.3. The summed E-state index contributed by atoms with van der Waals surface area (Å²) >= 11 is 0. The van der Waals surface area contributed by atoms with Crippen LogP contribution in [0.1, 0.15) is 50.5 Å². The average molecular weight is 376 g/mol. The topological polar surface area (TPSA) is 73.2 Å². The lowest BCUT2D eigenvalue weighted by Gasteiger charge is -2.31. The second-order valence-corrected chi connectivity index (χ2v) is 9.55. The van der Waals surface area contributed by atoms with Gasteiger partial charge in [0.2, 0.25) is 10.0 Å². The van der Waals surface area contributed by atoms with Gasteiger partial charge in [-0.3, -0.25) is 0 Å². The molecule has 0 spiro atoms. The minimum Gasteiger partial charge on any atom is -0.317 e. The number of nitrogens with one attached hydrogen (secondary N) is 1. The van der Waals surface area contributed by atoms with Crippen LogP contribution >= 0.6 is 0 Å². The SMILES string of the molecule is N#Cc1ccc(S(=O)(=O)N2CCC(CCCC3CCNCC3)CC2)cc1. The van der Waals surface area contributed by atoms with E-state index in [-0.39, 0.29) is 0 Å². The number of hydrogen-bond acceptors (Lipinski definition) is 4. The Morgan fingerprint density at radius 1 is 1.00 bits per heavy atom. The van der Waals surface area contributed by atoms with Crippen LogP contribution in [0, 0.1) is 23.2 Å². The lowest BCUT2D eigenvalue weighted by molar-refractivity contribution is 0.250. The lowest BCUT2D eigenvalue weighted by Crippen LogP contribution is -2.38. The van der Waals surface area contributed by atoms with E-state index >= 15 is 0 Å². The second kappa shape index (κ2) is 8.98. The van der Waals surface area contributed by atoms with Crippen LogP contribution in [0.4, 0.5) is 0 Å². The zero-order valence-electron chi connectivity index (χ0n) is 15.4. The van der Waals surface area contributed by atoms with Crippen molar-refractivity contribution in [1.82, 2.24) is 9.62 Å². The summed E-state index contributed by atoms with van der Waals surface area (Å²) in [5.74, 6) is 1.54. The van der Waals surface area contributed by atoms with Gasteiger partial charge in [-0.2, -0.15) is 9.57 Å². The highest BCUT2D eigenvalue weighted by molar-refractivity contribution is 7.89. The standard InChI is InChI=1S/C20H29N3O2S/c21-16-19-4-6-20(7-5-19)26(24,25)23-14-10-18(11-15-23)3-1-2-17-8-12-22-13-9-17/h4-7,17-18,22H,1-3,8-15H2. The van der Waals surface area contributed by atoms with Gasteiger partial charge in [0.15, 0.2) is 0 Å². The molecule has 1 aromatic carbocycles. The van der Waals surface area contributed by atoms with Gasteiger partial charge < -0.3 is 5.32 Å². The predicted octanol–water partition coefficient (Wildman–Crippen LogP) is 3.13. The van der Waals surface area contributed by atoms with Crippen molar-refractivity contribution in [1.29, 1.82) is 5.26 Å². The molecule has 2 aliphatic heterocycles. The number of sulfonamides is 1. The van der Waals surface area contributed by atoms with Crippen LogP contribution in [0.3, 0.4) is 0 Å². The van der Waals surface area contributed by atoms with E-state index in [1.165, 1.54) is 32.1 Å². The average Bonchev–Trinajstić information content (AvgIpc) is 2.69. The minimum absolute atomic E-state index is 0.292. The maximum absolute atomic E-state index is 12.8. The van der Waals surface area contributed by atoms with Crippen molar-refractivity contribution >= 4 is 10.0 Å². The van der Waals surface area contributed by atoms with Crippen molar-refractivity contribution in [2.45, 2.75) is 49.8 Å². The van der Waals surface area contributed by atoms with Gasteiger partial charge in [0.05, 0.1) is 16.5 Å². The van der Waals surface area contributed by atoms with Gasteiger partial charge >= 0.3 is 0 Å². The highest BCUT2D eigenvalue weighted by Crippen LogP contribution is 2.28. The zero-order chi connectivity index (χ0) is 18.4. The summed E-state index contributed by atoms with van der Waals surface area (Å²) in [7, 11) is -3.43. The van der Waals surface area contributed by atoms with Crippen molar-refractivity contribution in [2.24, 2.45) is 11.8 Å². The molecule has 2 fully saturated rings. The van der Waals surface area contributed by atoms with Gasteiger partial charge in [0.1, 0.15) is 0 Å². The van der Waals surface area contributed by atoms with Crippen molar-refractivity contribution in [3.05, 3.63) is 29.8 Å². The Kier molecular flexibility index (Phi) is 6.68. The molecular weight excluding hydrogens is 346 g/mol. The Labute approximate surface area is 157 Å². The van der Waals surface area contributed by atoms with E-state index < -0.39 is 10.0 Å². The minimum atomic E-state index is -3.43. The molecule has 0 amide bonds. The molecule has 0 saturated carbocycles. The fourth-order valence-electron chi connectivity index (χ4n) is 4.15. The second-order valence-electron chi connectivity index (χ2n) is 7.61. The first kappa shape index (κ1) is 19.3. The van der Waals surface area contributed by atoms with Crippen LogP contribution in [0.15, 0.2) is 29.2 Å². The first-order valence-electron chi connectivity index (χ1n) is 9.80. The van der Waals surface area contributed by atoms with E-state index in [2.05, 4.69) is 5.32 Å². The number of benzene rings is 1. The number of piperidine rings is 2. The third kappa shape index (κ3) is 4.85. The van der Waals surface area contributed by atoms with Crippen molar-refractivity contribution < 1.29 is 8.42 Å². The molecule has 2 aliphatic rings. The van der Waals surface area contributed by atoms with Crippen LogP contribution in [-0.2, 0) is 10.0 Å². The predicted molar refractivity (Wildman–Crippen MR) is 102 cm³/mol. The van der Waals surface area contributed by atoms with E-state index in [4.69, 9.17) is 5.26 Å². The monoisotopic (exact) mass is 375 g/mol. The molecule has 5 nitrogen and oxygen atoms in total. The Hall–Kier alpha value is -1.42. The van der Waals surface area contributed by atoms with Gasteiger partial charge in [-0.25, -0.2) is 8.42 Å². The van der Waals surface area contributed by atoms with E-state index in [9.17, 15) is 8.42 Å². The third-order valence-corrected chi connectivity index (χ3v) is 7.79. The summed E-state index contributed by atoms with van der Waals surface area (Å²) in [4.78, 5) is 0.292. The zero-order valence-corrected chi connectivity index (χ0v) is 16.2. The fourth-order valence-corrected chi connectivity index (χ4v) is 5.62. The van der Waals surface area contributed by atoms with E-state index in [0.29, 0.717) is 29.5 Å². The van der Waals surface area contributed by atoms with Gasteiger partial charge in [-0.05, 0) is 74.9 Å². The van der Waals surface area contributed by atoms with Crippen LogP contribution in [-0.4, -0.2) is 38.9 Å². The van der Waals surface area contributed by atoms with Gasteiger partial charge in [0, 0.05) is 13.1 Å². The smallest absolute Gasteiger partial charge is 0.243 e. The molecule has 26 heavy (non-hydrogen) atoms. The molecule has 1 aromatic rings. The largest absolute Gasteiger partial charge is 0.317 e. The molecule has 0 radical (unpaired) electrons. The summed E-state index contributed by atoms with van der Waals surface area (Å²) in [6.45, 7) is 3.55. The highest BCUT2D eigenvalue weighted by atomic mass is 32.2. The van der Waals surface area contributed by atoms with Gasteiger partial charge in [0.25, 0.3) is 0 Å². The first-order valence-corrected chi connectivity index (χ1v) is 11.2. The van der Waals surface area contributed by atoms with E-state index in [1.807, 2.05) is 6.07 Å². The molecule has 0 unspecified atom stereocenters. The van der Waals surface area contributed by atoms with Crippen LogP contribution in [0.5, 0.6) is 0 Å². The maximum atomic E-state index is 12.8. The Balaban J connectivity index is 1.45. The molecule has 6 heteroatoms. The fraction of sp³-hybridized carbons (Fsp3) is 0.650. The van der Waals surface area contributed by atoms with Crippen LogP contribution in [0.25, 0.3) is 0 Å². The summed E-state index contributed by atoms with van der Waals surface area (Å²) in [5.41, 5.74) is 0.483. The number of nitriles is 1. The lowest BCUT2D eigenvalue weighted by atomic mass is 9.87. The number of hydrogen-bond donors (Lipinski definition) is 1. The van der Waals surface area contributed by atoms with Gasteiger partial charge in [-0.15, -0.1) is 0 Å². The molecule has 3 rings (SSSR count). The van der Waals surface area contributed by atoms with Crippen LogP contribution < -0.4 is 5.32 Å². The Morgan fingerprint density at radius 2 is 1.58 bits per heavy atom. The van der Waals surface area contributed by atoms with Crippen molar-refractivity contribution in [3.8, 4) is 6.07 Å². The summed E-state index contributed by atoms with van der Waals surface area (Å²) < 4.78 is 27.1. The molecule has 0 aromatic heterocycles. The molecule has 2 saturated heterocycles. The molecule has 0 atom stereocenters. The quantitative estimate of drug-likeness (QED) is 0.829. The normalized spacial score (nSPS) is 20.7. The van der Waals surface area contributed by atoms with Crippen LogP contribution in [0.2, 0.25) is 0 Å². The highest BCUT2D eigenvalue weighted by Gasteiger charge is 2.29. The molecule has 0 bridgehead atoms. The van der Waals surface area contributed by atoms with Crippen molar-refractivity contribution in [3.63, 3.8) is 0 Å². The Morgan fingerprint density at radius 3 is 2.15 bits per heavy atom. The molecule has 142 valence electrons. The Bertz CT molecular complexity index is 710. The van der Waals surface area contributed by atoms with Crippen molar-refractivity contribution in [2.75, 3.05) is 26.2 Å². The maximum Gasteiger partial charge on any atom is 0.243 e. The number of nitrogens with zero attached hydrogens (tertiary/aromatic N) is 2. The summed E-state index contributed by atoms with van der Waals surface area (Å²) in [6.07, 6.45) is 8.36. The van der Waals surface area contributed by atoms with Gasteiger partial charge in [-0.1, -0.05) is 19.3 Å². The number of rotatable bonds is 6. The molecular formula is C20H29N3O2S. The molecule has 1 N–H and O–H groups in total. The third-order valence-electron chi connectivity index (χ3n) is 5.88. The molecule has 0 aliphatic carbocycles. The van der Waals surface area contributed by atoms with E-state index in [0.717, 1.165) is 31.8 Å². The first-order chi connectivity index (χ1) is 12.6.